The van der Waals surface area contributed by atoms with Crippen LogP contribution in [0.5, 0.6) is 0 Å². The van der Waals surface area contributed by atoms with Crippen molar-refractivity contribution in [3.8, 4) is 0 Å². The van der Waals surface area contributed by atoms with E-state index in [0.717, 1.165) is 6.61 Å². The third-order valence-electron chi connectivity index (χ3n) is 4.11. The Morgan fingerprint density at radius 1 is 1.33 bits per heavy atom. The first-order valence-electron chi connectivity index (χ1n) is 6.08. The van der Waals surface area contributed by atoms with E-state index in [1.165, 1.54) is 19.4 Å². The molecule has 15 heavy (non-hydrogen) atoms. The summed E-state index contributed by atoms with van der Waals surface area (Å²) < 4.78 is 6.25. The van der Waals surface area contributed by atoms with Crippen LogP contribution >= 0.6 is 0 Å². The molecule has 2 nitrogen and oxygen atoms in total. The summed E-state index contributed by atoms with van der Waals surface area (Å²) in [5.74, 6) is 0. The molecule has 0 bridgehead atoms. The summed E-state index contributed by atoms with van der Waals surface area (Å²) in [5.41, 5.74) is 0. The molecule has 1 aliphatic heterocycles. The molecule has 3 heteroatoms. The van der Waals surface area contributed by atoms with Crippen LogP contribution in [0, 0.1) is 0 Å². The SMILES string of the molecule is CN1CCCC1CO[Si](C)(C)C(C)(C)C. The van der Waals surface area contributed by atoms with Crippen molar-refractivity contribution in [3.63, 3.8) is 0 Å². The van der Waals surface area contributed by atoms with Gasteiger partial charge in [-0.15, -0.1) is 0 Å². The van der Waals surface area contributed by atoms with E-state index < -0.39 is 8.32 Å². The normalized spacial score (nSPS) is 24.8. The minimum absolute atomic E-state index is 0.337. The molecular weight excluding hydrogens is 202 g/mol. The molecule has 1 saturated heterocycles. The molecule has 0 saturated carbocycles. The Kier molecular flexibility index (Phi) is 4.01. The second kappa shape index (κ2) is 4.56. The first-order chi connectivity index (χ1) is 6.74. The molecule has 0 aliphatic carbocycles. The summed E-state index contributed by atoms with van der Waals surface area (Å²) in [7, 11) is 0.686. The van der Waals surface area contributed by atoms with Crippen molar-refractivity contribution in [1.29, 1.82) is 0 Å². The standard InChI is InChI=1S/C12H27NOSi/c1-12(2,3)15(5,6)14-10-11-8-7-9-13(11)4/h11H,7-10H2,1-6H3. The van der Waals surface area contributed by atoms with E-state index in [4.69, 9.17) is 4.43 Å². The van der Waals surface area contributed by atoms with Gasteiger partial charge in [0.15, 0.2) is 8.32 Å². The van der Waals surface area contributed by atoms with Crippen molar-refractivity contribution < 1.29 is 4.43 Å². The molecule has 1 unspecified atom stereocenters. The average molecular weight is 229 g/mol. The highest BCUT2D eigenvalue weighted by Crippen LogP contribution is 2.36. The molecule has 0 spiro atoms. The minimum atomic E-state index is -1.53. The molecule has 0 aromatic heterocycles. The van der Waals surface area contributed by atoms with E-state index in [2.05, 4.69) is 45.8 Å². The van der Waals surface area contributed by atoms with Crippen molar-refractivity contribution in [2.45, 2.75) is 57.8 Å². The molecule has 0 aromatic carbocycles. The Hall–Kier alpha value is 0.137. The molecular formula is C12H27NOSi. The zero-order chi connectivity index (χ0) is 11.7. The Bertz CT molecular complexity index is 210. The van der Waals surface area contributed by atoms with Gasteiger partial charge in [-0.2, -0.15) is 0 Å². The maximum atomic E-state index is 6.25. The van der Waals surface area contributed by atoms with Crippen LogP contribution in [0.1, 0.15) is 33.6 Å². The van der Waals surface area contributed by atoms with Crippen LogP contribution in [0.3, 0.4) is 0 Å². The zero-order valence-electron chi connectivity index (χ0n) is 11.3. The highest BCUT2D eigenvalue weighted by atomic mass is 28.4. The third-order valence-corrected chi connectivity index (χ3v) is 8.61. The van der Waals surface area contributed by atoms with E-state index in [-0.39, 0.29) is 0 Å². The van der Waals surface area contributed by atoms with Crippen molar-refractivity contribution in [2.75, 3.05) is 20.2 Å². The van der Waals surface area contributed by atoms with Gasteiger partial charge in [0.25, 0.3) is 0 Å². The lowest BCUT2D eigenvalue weighted by atomic mass is 10.2. The van der Waals surface area contributed by atoms with Crippen molar-refractivity contribution in [3.05, 3.63) is 0 Å². The van der Waals surface area contributed by atoms with E-state index in [1.807, 2.05) is 0 Å². The van der Waals surface area contributed by atoms with E-state index >= 15 is 0 Å². The monoisotopic (exact) mass is 229 g/mol. The first-order valence-corrected chi connectivity index (χ1v) is 8.99. The van der Waals surface area contributed by atoms with Crippen LogP contribution in [-0.4, -0.2) is 39.5 Å². The fourth-order valence-electron chi connectivity index (χ4n) is 1.71. The van der Waals surface area contributed by atoms with Gasteiger partial charge in [0.05, 0.1) is 0 Å². The quantitative estimate of drug-likeness (QED) is 0.690. The molecule has 1 rings (SSSR count). The van der Waals surface area contributed by atoms with Crippen LogP contribution < -0.4 is 0 Å². The predicted molar refractivity (Wildman–Crippen MR) is 68.8 cm³/mol. The fraction of sp³-hybridized carbons (Fsp3) is 1.00. The molecule has 90 valence electrons. The molecule has 1 fully saturated rings. The fourth-order valence-corrected chi connectivity index (χ4v) is 2.75. The van der Waals surface area contributed by atoms with Crippen molar-refractivity contribution >= 4 is 8.32 Å². The summed E-state index contributed by atoms with van der Waals surface area (Å²) in [6.07, 6.45) is 2.65. The lowest BCUT2D eigenvalue weighted by Crippen LogP contribution is -2.44. The van der Waals surface area contributed by atoms with Gasteiger partial charge in [-0.05, 0) is 44.6 Å². The van der Waals surface area contributed by atoms with Crippen LogP contribution in [0.4, 0.5) is 0 Å². The minimum Gasteiger partial charge on any atom is -0.415 e. The predicted octanol–water partition coefficient (Wildman–Crippen LogP) is 3.10. The maximum Gasteiger partial charge on any atom is 0.192 e. The summed E-state index contributed by atoms with van der Waals surface area (Å²) in [4.78, 5) is 2.44. The molecule has 0 amide bonds. The number of likely N-dealkylation sites (N-methyl/N-ethyl adjacent to an activating group) is 1. The highest BCUT2D eigenvalue weighted by molar-refractivity contribution is 6.74. The molecule has 0 radical (unpaired) electrons. The van der Waals surface area contributed by atoms with Gasteiger partial charge in [0, 0.05) is 12.6 Å². The van der Waals surface area contributed by atoms with Gasteiger partial charge in [-0.1, -0.05) is 20.8 Å². The van der Waals surface area contributed by atoms with Gasteiger partial charge in [0.1, 0.15) is 0 Å². The van der Waals surface area contributed by atoms with Gasteiger partial charge < -0.3 is 9.33 Å². The Morgan fingerprint density at radius 2 is 1.93 bits per heavy atom. The lowest BCUT2D eigenvalue weighted by Gasteiger charge is -2.37. The summed E-state index contributed by atoms with van der Waals surface area (Å²) in [6.45, 7) is 13.8. The van der Waals surface area contributed by atoms with Crippen LogP contribution in [0.15, 0.2) is 0 Å². The van der Waals surface area contributed by atoms with Crippen LogP contribution in [-0.2, 0) is 4.43 Å². The maximum absolute atomic E-state index is 6.25. The second-order valence-electron chi connectivity index (χ2n) is 6.35. The number of likely N-dealkylation sites (tertiary alicyclic amines) is 1. The summed E-state index contributed by atoms with van der Waals surface area (Å²) in [6, 6.07) is 0.666. The van der Waals surface area contributed by atoms with E-state index in [1.54, 1.807) is 0 Å². The van der Waals surface area contributed by atoms with E-state index in [0.29, 0.717) is 11.1 Å². The molecule has 0 aromatic rings. The van der Waals surface area contributed by atoms with E-state index in [9.17, 15) is 0 Å². The highest BCUT2D eigenvalue weighted by Gasteiger charge is 2.38. The first kappa shape index (κ1) is 13.2. The van der Waals surface area contributed by atoms with Gasteiger partial charge in [-0.3, -0.25) is 0 Å². The van der Waals surface area contributed by atoms with Gasteiger partial charge >= 0.3 is 0 Å². The number of hydrogen-bond donors (Lipinski definition) is 0. The molecule has 1 atom stereocenters. The topological polar surface area (TPSA) is 12.5 Å². The smallest absolute Gasteiger partial charge is 0.192 e. The zero-order valence-corrected chi connectivity index (χ0v) is 12.3. The molecule has 1 aliphatic rings. The summed E-state index contributed by atoms with van der Waals surface area (Å²) >= 11 is 0. The largest absolute Gasteiger partial charge is 0.415 e. The Morgan fingerprint density at radius 3 is 2.33 bits per heavy atom. The molecule has 1 heterocycles. The number of rotatable bonds is 3. The summed E-state index contributed by atoms with van der Waals surface area (Å²) in [5, 5.41) is 0.337. The number of hydrogen-bond acceptors (Lipinski definition) is 2. The van der Waals surface area contributed by atoms with Gasteiger partial charge in [0.2, 0.25) is 0 Å². The average Bonchev–Trinajstić information content (AvgIpc) is 2.46. The van der Waals surface area contributed by atoms with Crippen molar-refractivity contribution in [1.82, 2.24) is 4.90 Å². The molecule has 0 N–H and O–H groups in total. The Labute approximate surface area is 96.1 Å². The second-order valence-corrected chi connectivity index (χ2v) is 11.2. The van der Waals surface area contributed by atoms with Gasteiger partial charge in [-0.25, -0.2) is 0 Å². The Balaban J connectivity index is 2.42. The van der Waals surface area contributed by atoms with Crippen LogP contribution in [0.25, 0.3) is 0 Å². The van der Waals surface area contributed by atoms with Crippen molar-refractivity contribution in [2.24, 2.45) is 0 Å². The lowest BCUT2D eigenvalue weighted by molar-refractivity contribution is 0.185. The van der Waals surface area contributed by atoms with Crippen LogP contribution in [0.2, 0.25) is 18.1 Å². The number of nitrogens with zero attached hydrogens (tertiary/aromatic N) is 1. The third kappa shape index (κ3) is 3.30.